The van der Waals surface area contributed by atoms with E-state index in [0.717, 1.165) is 18.7 Å². The Morgan fingerprint density at radius 3 is 2.62 bits per heavy atom. The Kier molecular flexibility index (Phi) is 3.42. The van der Waals surface area contributed by atoms with Crippen LogP contribution in [0.25, 0.3) is 0 Å². The molecule has 2 N–H and O–H groups in total. The first-order valence-electron chi connectivity index (χ1n) is 5.13. The van der Waals surface area contributed by atoms with Crippen molar-refractivity contribution in [3.8, 4) is 0 Å². The van der Waals surface area contributed by atoms with Crippen LogP contribution in [0, 0.1) is 3.57 Å². The number of halogens is 1. The van der Waals surface area contributed by atoms with Crippen LogP contribution < -0.4 is 5.73 Å². The molecule has 0 saturated heterocycles. The van der Waals surface area contributed by atoms with Crippen LogP contribution in [0.5, 0.6) is 0 Å². The number of nitrogens with two attached hydrogens (primary N) is 1. The van der Waals surface area contributed by atoms with E-state index in [0.29, 0.717) is 5.82 Å². The maximum absolute atomic E-state index is 5.73. The molecule has 2 rings (SSSR count). The number of rotatable bonds is 3. The molecule has 4 nitrogen and oxygen atoms in total. The van der Waals surface area contributed by atoms with E-state index in [1.807, 2.05) is 4.68 Å². The molecule has 1 aromatic heterocycles. The first kappa shape index (κ1) is 11.4. The van der Waals surface area contributed by atoms with Crippen molar-refractivity contribution in [2.45, 2.75) is 19.9 Å². The number of aromatic nitrogens is 3. The van der Waals surface area contributed by atoms with Crippen LogP contribution in [0.15, 0.2) is 24.3 Å². The molecule has 0 unspecified atom stereocenters. The first-order valence-corrected chi connectivity index (χ1v) is 6.21. The summed E-state index contributed by atoms with van der Waals surface area (Å²) in [6.45, 7) is 2.78. The summed E-state index contributed by atoms with van der Waals surface area (Å²) in [5, 5.41) is 7.93. The summed E-state index contributed by atoms with van der Waals surface area (Å²) in [7, 11) is 0. The van der Waals surface area contributed by atoms with Crippen molar-refractivity contribution < 1.29 is 0 Å². The summed E-state index contributed by atoms with van der Waals surface area (Å²) in [4.78, 5) is 0. The first-order chi connectivity index (χ1) is 7.70. The molecular weight excluding hydrogens is 315 g/mol. The minimum absolute atomic E-state index is 0.535. The smallest absolute Gasteiger partial charge is 0.169 e. The summed E-state index contributed by atoms with van der Waals surface area (Å²) in [6, 6.07) is 8.36. The molecule has 0 radical (unpaired) electrons. The molecule has 1 heterocycles. The van der Waals surface area contributed by atoms with Crippen LogP contribution in [0.3, 0.4) is 0 Å². The van der Waals surface area contributed by atoms with E-state index in [-0.39, 0.29) is 0 Å². The van der Waals surface area contributed by atoms with Gasteiger partial charge in [0.15, 0.2) is 5.82 Å². The number of benzene rings is 1. The molecule has 0 amide bonds. The predicted octanol–water partition coefficient (Wildman–Crippen LogP) is 2.08. The second-order valence-corrected chi connectivity index (χ2v) is 4.80. The summed E-state index contributed by atoms with van der Waals surface area (Å²) in [6.07, 6.45) is 0.850. The van der Waals surface area contributed by atoms with Gasteiger partial charge >= 0.3 is 0 Å². The van der Waals surface area contributed by atoms with Gasteiger partial charge < -0.3 is 5.73 Å². The van der Waals surface area contributed by atoms with Gasteiger partial charge in [0, 0.05) is 3.57 Å². The highest BCUT2D eigenvalue weighted by molar-refractivity contribution is 14.1. The molecule has 0 aliphatic rings. The number of nitrogen functional groups attached to an aromatic ring is 1. The van der Waals surface area contributed by atoms with Crippen LogP contribution in [-0.2, 0) is 13.0 Å². The van der Waals surface area contributed by atoms with Crippen LogP contribution >= 0.6 is 22.6 Å². The third kappa shape index (κ3) is 2.34. The molecule has 1 aromatic carbocycles. The van der Waals surface area contributed by atoms with Crippen LogP contribution in [0.1, 0.15) is 18.2 Å². The van der Waals surface area contributed by atoms with E-state index >= 15 is 0 Å². The summed E-state index contributed by atoms with van der Waals surface area (Å²) >= 11 is 2.29. The zero-order valence-electron chi connectivity index (χ0n) is 9.02. The van der Waals surface area contributed by atoms with Crippen LogP contribution in [0.2, 0.25) is 0 Å². The van der Waals surface area contributed by atoms with Crippen molar-refractivity contribution in [2.24, 2.45) is 0 Å². The molecular formula is C11H13IN4. The van der Waals surface area contributed by atoms with E-state index < -0.39 is 0 Å². The van der Waals surface area contributed by atoms with Crippen molar-refractivity contribution in [1.29, 1.82) is 0 Å². The highest BCUT2D eigenvalue weighted by atomic mass is 127. The monoisotopic (exact) mass is 328 g/mol. The van der Waals surface area contributed by atoms with E-state index in [4.69, 9.17) is 5.73 Å². The zero-order chi connectivity index (χ0) is 11.5. The summed E-state index contributed by atoms with van der Waals surface area (Å²) in [5.41, 5.74) is 7.94. The van der Waals surface area contributed by atoms with Gasteiger partial charge in [0.25, 0.3) is 0 Å². The topological polar surface area (TPSA) is 56.7 Å². The lowest BCUT2D eigenvalue weighted by atomic mass is 10.2. The number of hydrogen-bond donors (Lipinski definition) is 1. The Morgan fingerprint density at radius 2 is 2.00 bits per heavy atom. The Hall–Kier alpha value is -1.11. The maximum Gasteiger partial charge on any atom is 0.169 e. The molecule has 0 saturated carbocycles. The molecule has 0 bridgehead atoms. The molecule has 5 heteroatoms. The lowest BCUT2D eigenvalue weighted by Gasteiger charge is -2.05. The van der Waals surface area contributed by atoms with Gasteiger partial charge in [-0.05, 0) is 46.7 Å². The summed E-state index contributed by atoms with van der Waals surface area (Å²) < 4.78 is 3.09. The van der Waals surface area contributed by atoms with Gasteiger partial charge in [0.1, 0.15) is 0 Å². The largest absolute Gasteiger partial charge is 0.381 e. The van der Waals surface area contributed by atoms with Gasteiger partial charge in [-0.2, -0.15) is 0 Å². The van der Waals surface area contributed by atoms with Crippen LogP contribution in [0.4, 0.5) is 5.82 Å². The average molecular weight is 328 g/mol. The highest BCUT2D eigenvalue weighted by Gasteiger charge is 2.07. The molecule has 2 aromatic rings. The standard InChI is InChI=1S/C11H13IN4/c1-2-10-11(13)14-15-16(10)7-8-3-5-9(12)6-4-8/h3-6H,2,7,13H2,1H3. The van der Waals surface area contributed by atoms with Gasteiger partial charge in [0.2, 0.25) is 0 Å². The predicted molar refractivity (Wildman–Crippen MR) is 72.1 cm³/mol. The minimum Gasteiger partial charge on any atom is -0.381 e. The van der Waals surface area contributed by atoms with Crippen molar-refractivity contribution in [1.82, 2.24) is 15.0 Å². The van der Waals surface area contributed by atoms with Gasteiger partial charge in [-0.15, -0.1) is 5.10 Å². The molecule has 0 fully saturated rings. The molecule has 0 aliphatic carbocycles. The van der Waals surface area contributed by atoms with Crippen LogP contribution in [-0.4, -0.2) is 15.0 Å². The maximum atomic E-state index is 5.73. The normalized spacial score (nSPS) is 10.6. The third-order valence-corrected chi connectivity index (χ3v) is 3.17. The fourth-order valence-electron chi connectivity index (χ4n) is 1.60. The quantitative estimate of drug-likeness (QED) is 0.878. The van der Waals surface area contributed by atoms with E-state index in [1.54, 1.807) is 0 Å². The van der Waals surface area contributed by atoms with Crippen molar-refractivity contribution in [3.05, 3.63) is 39.1 Å². The Balaban J connectivity index is 2.23. The SMILES string of the molecule is CCc1c(N)nnn1Cc1ccc(I)cc1. The van der Waals surface area contributed by atoms with Gasteiger partial charge in [-0.25, -0.2) is 4.68 Å². The highest BCUT2D eigenvalue weighted by Crippen LogP contribution is 2.12. The van der Waals surface area contributed by atoms with Gasteiger partial charge in [0.05, 0.1) is 12.2 Å². The number of anilines is 1. The fourth-order valence-corrected chi connectivity index (χ4v) is 1.96. The zero-order valence-corrected chi connectivity index (χ0v) is 11.2. The molecule has 0 aliphatic heterocycles. The molecule has 16 heavy (non-hydrogen) atoms. The van der Waals surface area contributed by atoms with E-state index in [9.17, 15) is 0 Å². The third-order valence-electron chi connectivity index (χ3n) is 2.45. The average Bonchev–Trinajstić information content (AvgIpc) is 2.63. The molecule has 0 spiro atoms. The lowest BCUT2D eigenvalue weighted by Crippen LogP contribution is -2.06. The second kappa shape index (κ2) is 4.82. The second-order valence-electron chi connectivity index (χ2n) is 3.56. The molecule has 84 valence electrons. The number of nitrogens with zero attached hydrogens (tertiary/aromatic N) is 3. The Bertz CT molecular complexity index is 475. The fraction of sp³-hybridized carbons (Fsp3) is 0.273. The Labute approximate surface area is 108 Å². The Morgan fingerprint density at radius 1 is 1.31 bits per heavy atom. The van der Waals surface area contributed by atoms with Crippen molar-refractivity contribution in [3.63, 3.8) is 0 Å². The molecule has 0 atom stereocenters. The van der Waals surface area contributed by atoms with E-state index in [2.05, 4.69) is 64.1 Å². The van der Waals surface area contributed by atoms with E-state index in [1.165, 1.54) is 9.13 Å². The van der Waals surface area contributed by atoms with Gasteiger partial charge in [-0.3, -0.25) is 0 Å². The summed E-state index contributed by atoms with van der Waals surface area (Å²) in [5.74, 6) is 0.535. The van der Waals surface area contributed by atoms with Crippen molar-refractivity contribution >= 4 is 28.4 Å². The van der Waals surface area contributed by atoms with Gasteiger partial charge in [-0.1, -0.05) is 24.3 Å². The number of hydrogen-bond acceptors (Lipinski definition) is 3. The lowest BCUT2D eigenvalue weighted by molar-refractivity contribution is 0.622. The minimum atomic E-state index is 0.535. The van der Waals surface area contributed by atoms with Crippen molar-refractivity contribution in [2.75, 3.05) is 5.73 Å².